The number of nitrogens with zero attached hydrogens (tertiary/aromatic N) is 1. The highest BCUT2D eigenvalue weighted by Crippen LogP contribution is 2.37. The molecule has 0 amide bonds. The van der Waals surface area contributed by atoms with Crippen molar-refractivity contribution in [3.63, 3.8) is 0 Å². The van der Waals surface area contributed by atoms with Gasteiger partial charge < -0.3 is 4.74 Å². The van der Waals surface area contributed by atoms with Crippen LogP contribution in [-0.2, 0) is 10.0 Å². The number of hydrogen-bond acceptors (Lipinski definition) is 4. The highest BCUT2D eigenvalue weighted by Gasteiger charge is 2.45. The molecule has 0 unspecified atom stereocenters. The Morgan fingerprint density at radius 1 is 0.867 bits per heavy atom. The molecule has 0 bridgehead atoms. The molecule has 0 saturated heterocycles. The summed E-state index contributed by atoms with van der Waals surface area (Å²) in [7, 11) is -2.48. The standard InChI is InChI=1S/C24H21NO4S/c1-29-21-14-12-20(13-15-21)25-17-16-22(18-8-4-2-5-9-18)24(30(25,27)28)23(26)19-10-6-3-7-11-19/h2-17,22,24H,1H3/t22-,24-/m1/s1. The van der Waals surface area contributed by atoms with E-state index in [1.807, 2.05) is 30.3 Å². The van der Waals surface area contributed by atoms with Crippen LogP contribution in [0, 0.1) is 0 Å². The molecule has 4 rings (SSSR count). The van der Waals surface area contributed by atoms with E-state index in [1.54, 1.807) is 67.8 Å². The van der Waals surface area contributed by atoms with Crippen molar-refractivity contribution < 1.29 is 17.9 Å². The molecule has 1 aliphatic rings. The summed E-state index contributed by atoms with van der Waals surface area (Å²) in [6.45, 7) is 0. The SMILES string of the molecule is COc1ccc(N2C=C[C@H](c3ccccc3)[C@H](C(=O)c3ccccc3)S2(=O)=O)cc1. The summed E-state index contributed by atoms with van der Waals surface area (Å²) in [5.41, 5.74) is 1.60. The van der Waals surface area contributed by atoms with E-state index in [0.717, 1.165) is 5.56 Å². The first-order chi connectivity index (χ1) is 14.5. The molecule has 1 aliphatic heterocycles. The number of ketones is 1. The molecule has 0 aromatic heterocycles. The second kappa shape index (κ2) is 8.16. The fourth-order valence-electron chi connectivity index (χ4n) is 3.65. The van der Waals surface area contributed by atoms with Gasteiger partial charge in [0.2, 0.25) is 10.0 Å². The predicted molar refractivity (Wildman–Crippen MR) is 117 cm³/mol. The normalized spacial score (nSPS) is 20.0. The Hall–Kier alpha value is -3.38. The molecule has 0 saturated carbocycles. The average molecular weight is 420 g/mol. The van der Waals surface area contributed by atoms with Crippen molar-refractivity contribution in [3.8, 4) is 5.75 Å². The molecule has 2 atom stereocenters. The Labute approximate surface area is 176 Å². The fourth-order valence-corrected chi connectivity index (χ4v) is 5.58. The Balaban J connectivity index is 1.83. The van der Waals surface area contributed by atoms with Crippen LogP contribution in [0.2, 0.25) is 0 Å². The largest absolute Gasteiger partial charge is 0.497 e. The van der Waals surface area contributed by atoms with Crippen LogP contribution < -0.4 is 9.04 Å². The van der Waals surface area contributed by atoms with Gasteiger partial charge in [0.25, 0.3) is 0 Å². The first kappa shape index (κ1) is 19.9. The molecule has 152 valence electrons. The summed E-state index contributed by atoms with van der Waals surface area (Å²) in [6, 6.07) is 24.5. The predicted octanol–water partition coefficient (Wildman–Crippen LogP) is 4.39. The summed E-state index contributed by atoms with van der Waals surface area (Å²) in [5.74, 6) is -0.387. The van der Waals surface area contributed by atoms with Gasteiger partial charge in [0.15, 0.2) is 11.0 Å². The minimum Gasteiger partial charge on any atom is -0.497 e. The van der Waals surface area contributed by atoms with Crippen LogP contribution in [0.3, 0.4) is 0 Å². The number of allylic oxidation sites excluding steroid dienone is 1. The third-order valence-electron chi connectivity index (χ3n) is 5.18. The highest BCUT2D eigenvalue weighted by atomic mass is 32.2. The molecule has 3 aromatic carbocycles. The summed E-state index contributed by atoms with van der Waals surface area (Å²) in [5, 5.41) is -1.27. The average Bonchev–Trinajstić information content (AvgIpc) is 2.79. The number of carbonyl (C=O) groups is 1. The van der Waals surface area contributed by atoms with E-state index < -0.39 is 27.0 Å². The van der Waals surface area contributed by atoms with Gasteiger partial charge in [0, 0.05) is 17.7 Å². The molecule has 0 radical (unpaired) electrons. The van der Waals surface area contributed by atoms with Crippen molar-refractivity contribution in [3.05, 3.63) is 108 Å². The van der Waals surface area contributed by atoms with E-state index in [9.17, 15) is 13.2 Å². The van der Waals surface area contributed by atoms with Crippen molar-refractivity contribution in [2.75, 3.05) is 11.4 Å². The van der Waals surface area contributed by atoms with Gasteiger partial charge in [-0.2, -0.15) is 0 Å². The quantitative estimate of drug-likeness (QED) is 0.575. The van der Waals surface area contributed by atoms with Crippen molar-refractivity contribution in [1.82, 2.24) is 0 Å². The van der Waals surface area contributed by atoms with Crippen molar-refractivity contribution >= 4 is 21.5 Å². The minimum absolute atomic E-state index is 0.372. The van der Waals surface area contributed by atoms with Crippen LogP contribution in [0.25, 0.3) is 0 Å². The van der Waals surface area contributed by atoms with Crippen LogP contribution in [0.4, 0.5) is 5.69 Å². The van der Waals surface area contributed by atoms with Gasteiger partial charge in [0.1, 0.15) is 5.75 Å². The van der Waals surface area contributed by atoms with E-state index in [4.69, 9.17) is 4.74 Å². The molecular formula is C24H21NO4S. The monoisotopic (exact) mass is 419 g/mol. The lowest BCUT2D eigenvalue weighted by Crippen LogP contribution is -2.46. The lowest BCUT2D eigenvalue weighted by Gasteiger charge is -2.34. The molecular weight excluding hydrogens is 398 g/mol. The van der Waals surface area contributed by atoms with Gasteiger partial charge in [-0.15, -0.1) is 0 Å². The zero-order valence-corrected chi connectivity index (χ0v) is 17.2. The molecule has 3 aromatic rings. The number of ether oxygens (including phenoxy) is 1. The summed E-state index contributed by atoms with van der Waals surface area (Å²) >= 11 is 0. The number of methoxy groups -OCH3 is 1. The number of Topliss-reactive ketones (excluding diaryl/α,β-unsaturated/α-hetero) is 1. The van der Waals surface area contributed by atoms with Gasteiger partial charge in [-0.25, -0.2) is 12.7 Å². The number of anilines is 1. The van der Waals surface area contributed by atoms with Gasteiger partial charge in [-0.1, -0.05) is 66.7 Å². The van der Waals surface area contributed by atoms with Crippen LogP contribution in [-0.4, -0.2) is 26.6 Å². The lowest BCUT2D eigenvalue weighted by molar-refractivity contribution is 0.0981. The van der Waals surface area contributed by atoms with Gasteiger partial charge in [0.05, 0.1) is 12.8 Å². The Kier molecular flexibility index (Phi) is 5.42. The van der Waals surface area contributed by atoms with Crippen LogP contribution >= 0.6 is 0 Å². The summed E-state index contributed by atoms with van der Waals surface area (Å²) < 4.78 is 33.7. The number of carbonyl (C=O) groups excluding carboxylic acids is 1. The second-order valence-corrected chi connectivity index (χ2v) is 8.90. The Morgan fingerprint density at radius 3 is 2.07 bits per heavy atom. The van der Waals surface area contributed by atoms with E-state index in [2.05, 4.69) is 0 Å². The first-order valence-corrected chi connectivity index (χ1v) is 11.0. The molecule has 5 nitrogen and oxygen atoms in total. The van der Waals surface area contributed by atoms with Crippen LogP contribution in [0.5, 0.6) is 5.75 Å². The maximum atomic E-state index is 13.7. The number of benzene rings is 3. The van der Waals surface area contributed by atoms with E-state index in [0.29, 0.717) is 17.0 Å². The van der Waals surface area contributed by atoms with Gasteiger partial charge in [-0.3, -0.25) is 4.79 Å². The van der Waals surface area contributed by atoms with E-state index >= 15 is 0 Å². The third-order valence-corrected chi connectivity index (χ3v) is 7.21. The molecule has 0 aliphatic carbocycles. The maximum Gasteiger partial charge on any atom is 0.250 e. The van der Waals surface area contributed by atoms with Crippen LogP contribution in [0.1, 0.15) is 21.8 Å². The number of hydrogen-bond donors (Lipinski definition) is 0. The molecule has 0 N–H and O–H groups in total. The van der Waals surface area contributed by atoms with E-state index in [-0.39, 0.29) is 0 Å². The molecule has 6 heteroatoms. The Bertz CT molecular complexity index is 1160. The lowest BCUT2D eigenvalue weighted by atomic mass is 9.90. The smallest absolute Gasteiger partial charge is 0.250 e. The highest BCUT2D eigenvalue weighted by molar-refractivity contribution is 7.94. The minimum atomic E-state index is -4.03. The maximum absolute atomic E-state index is 13.7. The number of sulfonamides is 1. The van der Waals surface area contributed by atoms with Crippen molar-refractivity contribution in [2.24, 2.45) is 0 Å². The zero-order chi connectivity index (χ0) is 21.1. The first-order valence-electron chi connectivity index (χ1n) is 9.52. The van der Waals surface area contributed by atoms with Gasteiger partial charge in [-0.05, 0) is 29.8 Å². The molecule has 30 heavy (non-hydrogen) atoms. The summed E-state index contributed by atoms with van der Waals surface area (Å²) in [4.78, 5) is 13.4. The second-order valence-electron chi connectivity index (χ2n) is 6.97. The van der Waals surface area contributed by atoms with Crippen molar-refractivity contribution in [2.45, 2.75) is 11.2 Å². The zero-order valence-electron chi connectivity index (χ0n) is 16.4. The van der Waals surface area contributed by atoms with E-state index in [1.165, 1.54) is 10.5 Å². The van der Waals surface area contributed by atoms with Gasteiger partial charge >= 0.3 is 0 Å². The third kappa shape index (κ3) is 3.62. The molecule has 1 heterocycles. The Morgan fingerprint density at radius 2 is 1.47 bits per heavy atom. The molecule has 0 fully saturated rings. The topological polar surface area (TPSA) is 63.7 Å². The number of rotatable bonds is 5. The van der Waals surface area contributed by atoms with Crippen molar-refractivity contribution in [1.29, 1.82) is 0 Å². The molecule has 0 spiro atoms. The van der Waals surface area contributed by atoms with Crippen LogP contribution in [0.15, 0.2) is 97.2 Å². The fraction of sp³-hybridized carbons (Fsp3) is 0.125. The summed E-state index contributed by atoms with van der Waals surface area (Å²) in [6.07, 6.45) is 3.32.